The monoisotopic (exact) mass is 343 g/mol. The Labute approximate surface area is 150 Å². The van der Waals surface area contributed by atoms with E-state index in [1.54, 1.807) is 42.7 Å². The quantitative estimate of drug-likeness (QED) is 0.593. The van der Waals surface area contributed by atoms with Crippen LogP contribution in [0.3, 0.4) is 0 Å². The Kier molecular flexibility index (Phi) is 4.21. The molecule has 26 heavy (non-hydrogen) atoms. The van der Waals surface area contributed by atoms with Crippen LogP contribution in [0.15, 0.2) is 79.1 Å². The van der Waals surface area contributed by atoms with E-state index in [9.17, 15) is 9.90 Å². The summed E-state index contributed by atoms with van der Waals surface area (Å²) in [5.74, 6) is -0.192. The van der Waals surface area contributed by atoms with E-state index in [1.807, 2.05) is 41.0 Å². The Morgan fingerprint density at radius 3 is 2.62 bits per heavy atom. The Balaban J connectivity index is 1.56. The number of carbonyl (C=O) groups is 1. The van der Waals surface area contributed by atoms with Gasteiger partial charge in [0.05, 0.1) is 17.6 Å². The highest BCUT2D eigenvalue weighted by atomic mass is 16.3. The minimum Gasteiger partial charge on any atom is -0.392 e. The lowest BCUT2D eigenvalue weighted by Gasteiger charge is -2.08. The highest BCUT2D eigenvalue weighted by molar-refractivity contribution is 6.04. The first kappa shape index (κ1) is 16.1. The minimum atomic E-state index is -0.192. The first-order valence-corrected chi connectivity index (χ1v) is 8.28. The van der Waals surface area contributed by atoms with Crippen molar-refractivity contribution < 1.29 is 9.90 Å². The summed E-state index contributed by atoms with van der Waals surface area (Å²) >= 11 is 0. The van der Waals surface area contributed by atoms with Crippen molar-refractivity contribution in [1.82, 2.24) is 9.55 Å². The summed E-state index contributed by atoms with van der Waals surface area (Å²) in [6.07, 6.45) is 1.78. The minimum absolute atomic E-state index is 0.0583. The largest absolute Gasteiger partial charge is 0.392 e. The molecule has 0 saturated heterocycles. The van der Waals surface area contributed by atoms with Crippen molar-refractivity contribution in [3.63, 3.8) is 0 Å². The molecule has 0 fully saturated rings. The standard InChI is InChI=1S/C21H17N3O2/c25-13-15-4-3-5-17(12-15)23-21(26)16-8-10-18(11-9-16)24-14-22-19-6-1-2-7-20(19)24/h1-12,14,25H,13H2,(H,23,26). The summed E-state index contributed by atoms with van der Waals surface area (Å²) < 4.78 is 1.99. The molecule has 0 aliphatic carbocycles. The number of imidazole rings is 1. The molecule has 0 aliphatic heterocycles. The lowest BCUT2D eigenvalue weighted by molar-refractivity contribution is 0.102. The molecule has 128 valence electrons. The maximum Gasteiger partial charge on any atom is 0.255 e. The van der Waals surface area contributed by atoms with Crippen LogP contribution in [0.25, 0.3) is 16.7 Å². The first-order valence-electron chi connectivity index (χ1n) is 8.28. The molecule has 0 spiro atoms. The van der Waals surface area contributed by atoms with Crippen molar-refractivity contribution in [2.75, 3.05) is 5.32 Å². The van der Waals surface area contributed by atoms with Gasteiger partial charge in [-0.15, -0.1) is 0 Å². The molecule has 0 radical (unpaired) electrons. The molecule has 1 aromatic heterocycles. The van der Waals surface area contributed by atoms with Gasteiger partial charge in [-0.1, -0.05) is 24.3 Å². The van der Waals surface area contributed by atoms with Crippen LogP contribution in [0.5, 0.6) is 0 Å². The lowest BCUT2D eigenvalue weighted by Crippen LogP contribution is -2.12. The van der Waals surface area contributed by atoms with Crippen LogP contribution in [0, 0.1) is 0 Å². The van der Waals surface area contributed by atoms with Crippen LogP contribution in [0.1, 0.15) is 15.9 Å². The number of rotatable bonds is 4. The van der Waals surface area contributed by atoms with Crippen LogP contribution in [0.2, 0.25) is 0 Å². The number of fused-ring (bicyclic) bond motifs is 1. The number of aromatic nitrogens is 2. The number of nitrogens with one attached hydrogen (secondary N) is 1. The summed E-state index contributed by atoms with van der Waals surface area (Å²) in [7, 11) is 0. The van der Waals surface area contributed by atoms with E-state index in [0.29, 0.717) is 11.3 Å². The Hall–Kier alpha value is -3.44. The van der Waals surface area contributed by atoms with Crippen LogP contribution in [-0.4, -0.2) is 20.6 Å². The van der Waals surface area contributed by atoms with Gasteiger partial charge >= 0.3 is 0 Å². The molecule has 2 N–H and O–H groups in total. The number of nitrogens with zero attached hydrogens (tertiary/aromatic N) is 2. The van der Waals surface area contributed by atoms with Crippen molar-refractivity contribution in [3.05, 3.63) is 90.3 Å². The van der Waals surface area contributed by atoms with E-state index in [-0.39, 0.29) is 12.5 Å². The highest BCUT2D eigenvalue weighted by Crippen LogP contribution is 2.19. The van der Waals surface area contributed by atoms with Gasteiger partial charge in [0.2, 0.25) is 0 Å². The lowest BCUT2D eigenvalue weighted by atomic mass is 10.1. The van der Waals surface area contributed by atoms with E-state index in [0.717, 1.165) is 22.3 Å². The number of aliphatic hydroxyl groups excluding tert-OH is 1. The average Bonchev–Trinajstić information content (AvgIpc) is 3.12. The molecule has 0 unspecified atom stereocenters. The number of anilines is 1. The number of hydrogen-bond donors (Lipinski definition) is 2. The van der Waals surface area contributed by atoms with Crippen molar-refractivity contribution >= 4 is 22.6 Å². The predicted molar refractivity (Wildman–Crippen MR) is 101 cm³/mol. The van der Waals surface area contributed by atoms with Gasteiger partial charge in [0.1, 0.15) is 6.33 Å². The number of hydrogen-bond acceptors (Lipinski definition) is 3. The van der Waals surface area contributed by atoms with Crippen LogP contribution < -0.4 is 5.32 Å². The zero-order chi connectivity index (χ0) is 17.9. The van der Waals surface area contributed by atoms with Gasteiger partial charge in [-0.3, -0.25) is 9.36 Å². The Morgan fingerprint density at radius 1 is 1.00 bits per heavy atom. The molecular formula is C21H17N3O2. The van der Waals surface area contributed by atoms with Gasteiger partial charge in [-0.05, 0) is 54.1 Å². The van der Waals surface area contributed by atoms with E-state index in [4.69, 9.17) is 0 Å². The zero-order valence-electron chi connectivity index (χ0n) is 14.0. The van der Waals surface area contributed by atoms with Crippen molar-refractivity contribution in [2.24, 2.45) is 0 Å². The van der Waals surface area contributed by atoms with Crippen LogP contribution in [0.4, 0.5) is 5.69 Å². The Bertz CT molecular complexity index is 1070. The van der Waals surface area contributed by atoms with Crippen LogP contribution in [-0.2, 0) is 6.61 Å². The molecule has 4 aromatic rings. The summed E-state index contributed by atoms with van der Waals surface area (Å²) in [5, 5.41) is 12.0. The number of benzene rings is 3. The molecule has 0 bridgehead atoms. The fourth-order valence-corrected chi connectivity index (χ4v) is 2.89. The zero-order valence-corrected chi connectivity index (χ0v) is 14.0. The van der Waals surface area contributed by atoms with Gasteiger partial charge in [0.25, 0.3) is 5.91 Å². The molecule has 5 heteroatoms. The summed E-state index contributed by atoms with van der Waals surface area (Å²) in [6, 6.07) is 22.4. The van der Waals surface area contributed by atoms with Gasteiger partial charge in [0, 0.05) is 16.9 Å². The molecule has 1 amide bonds. The number of para-hydroxylation sites is 2. The second-order valence-electron chi connectivity index (χ2n) is 5.96. The third-order valence-corrected chi connectivity index (χ3v) is 4.23. The topological polar surface area (TPSA) is 67.2 Å². The SMILES string of the molecule is O=C(Nc1cccc(CO)c1)c1ccc(-n2cnc3ccccc32)cc1. The van der Waals surface area contributed by atoms with Crippen molar-refractivity contribution in [2.45, 2.75) is 6.61 Å². The third-order valence-electron chi connectivity index (χ3n) is 4.23. The number of carbonyl (C=O) groups excluding carboxylic acids is 1. The summed E-state index contributed by atoms with van der Waals surface area (Å²) in [6.45, 7) is -0.0583. The maximum absolute atomic E-state index is 12.4. The fraction of sp³-hybridized carbons (Fsp3) is 0.0476. The van der Waals surface area contributed by atoms with Crippen LogP contribution >= 0.6 is 0 Å². The predicted octanol–water partition coefficient (Wildman–Crippen LogP) is 3.77. The number of amides is 1. The molecule has 4 rings (SSSR count). The third kappa shape index (κ3) is 3.08. The van der Waals surface area contributed by atoms with Gasteiger partial charge < -0.3 is 10.4 Å². The molecule has 1 heterocycles. The molecule has 5 nitrogen and oxygen atoms in total. The summed E-state index contributed by atoms with van der Waals surface area (Å²) in [5.41, 5.74) is 4.87. The van der Waals surface area contributed by atoms with E-state index in [2.05, 4.69) is 10.3 Å². The van der Waals surface area contributed by atoms with E-state index in [1.165, 1.54) is 0 Å². The highest BCUT2D eigenvalue weighted by Gasteiger charge is 2.08. The van der Waals surface area contributed by atoms with Gasteiger partial charge in [-0.25, -0.2) is 4.98 Å². The second-order valence-corrected chi connectivity index (χ2v) is 5.96. The first-order chi connectivity index (χ1) is 12.7. The molecular weight excluding hydrogens is 326 g/mol. The number of aliphatic hydroxyl groups is 1. The molecule has 3 aromatic carbocycles. The summed E-state index contributed by atoms with van der Waals surface area (Å²) in [4.78, 5) is 16.8. The normalized spacial score (nSPS) is 10.8. The molecule has 0 aliphatic rings. The molecule has 0 saturated carbocycles. The smallest absolute Gasteiger partial charge is 0.255 e. The van der Waals surface area contributed by atoms with Gasteiger partial charge in [-0.2, -0.15) is 0 Å². The molecule has 0 atom stereocenters. The van der Waals surface area contributed by atoms with E-state index < -0.39 is 0 Å². The van der Waals surface area contributed by atoms with E-state index >= 15 is 0 Å². The fourth-order valence-electron chi connectivity index (χ4n) is 2.89. The van der Waals surface area contributed by atoms with Gasteiger partial charge in [0.15, 0.2) is 0 Å². The van der Waals surface area contributed by atoms with Crippen molar-refractivity contribution in [3.8, 4) is 5.69 Å². The average molecular weight is 343 g/mol. The van der Waals surface area contributed by atoms with Crippen molar-refractivity contribution in [1.29, 1.82) is 0 Å². The maximum atomic E-state index is 12.4. The Morgan fingerprint density at radius 2 is 1.81 bits per heavy atom. The second kappa shape index (κ2) is 6.82.